The van der Waals surface area contributed by atoms with Crippen LogP contribution in [0.2, 0.25) is 5.15 Å². The Morgan fingerprint density at radius 3 is 3.00 bits per heavy atom. The van der Waals surface area contributed by atoms with Crippen LogP contribution < -0.4 is 5.32 Å². The fraction of sp³-hybridized carbons (Fsp3) is 0.273. The summed E-state index contributed by atoms with van der Waals surface area (Å²) in [5.41, 5.74) is 1.25. The molecule has 0 aromatic carbocycles. The Morgan fingerprint density at radius 1 is 1.50 bits per heavy atom. The Kier molecular flexibility index (Phi) is 3.88. The average Bonchev–Trinajstić information content (AvgIpc) is 2.75. The highest BCUT2D eigenvalue weighted by Crippen LogP contribution is 2.16. The van der Waals surface area contributed by atoms with Crippen molar-refractivity contribution in [3.8, 4) is 0 Å². The third-order valence-electron chi connectivity index (χ3n) is 2.40. The number of rotatable bonds is 5. The van der Waals surface area contributed by atoms with Gasteiger partial charge in [0.25, 0.3) is 0 Å². The Bertz CT molecular complexity index is 554. The molecule has 0 unspecified atom stereocenters. The number of nitrogens with zero attached hydrogens (tertiary/aromatic N) is 4. The highest BCUT2D eigenvalue weighted by Gasteiger charge is 2.08. The zero-order valence-corrected chi connectivity index (χ0v) is 10.6. The summed E-state index contributed by atoms with van der Waals surface area (Å²) >= 11 is 5.79. The van der Waals surface area contributed by atoms with Crippen molar-refractivity contribution in [2.45, 2.75) is 6.42 Å². The molecule has 0 aliphatic rings. The molecule has 2 heterocycles. The summed E-state index contributed by atoms with van der Waals surface area (Å²) < 4.78 is 1.74. The normalized spacial score (nSPS) is 10.3. The maximum absolute atomic E-state index is 10.9. The third-order valence-corrected chi connectivity index (χ3v) is 2.70. The Morgan fingerprint density at radius 2 is 2.33 bits per heavy atom. The number of carbonyl (C=O) groups excluding carboxylic acids is 1. The van der Waals surface area contributed by atoms with Gasteiger partial charge < -0.3 is 5.32 Å². The molecule has 0 spiro atoms. The lowest BCUT2D eigenvalue weighted by Crippen LogP contribution is -2.09. The molecule has 0 amide bonds. The molecule has 6 nitrogen and oxygen atoms in total. The first kappa shape index (κ1) is 12.5. The number of aromatic nitrogens is 4. The minimum Gasteiger partial charge on any atom is -0.369 e. The first-order valence-electron chi connectivity index (χ1n) is 5.39. The van der Waals surface area contributed by atoms with Crippen LogP contribution in [0.3, 0.4) is 0 Å². The number of hydrogen-bond acceptors (Lipinski definition) is 5. The van der Waals surface area contributed by atoms with Crippen LogP contribution in [0.5, 0.6) is 0 Å². The van der Waals surface area contributed by atoms with Crippen LogP contribution in [0.4, 0.5) is 5.82 Å². The second-order valence-electron chi connectivity index (χ2n) is 3.70. The lowest BCUT2D eigenvalue weighted by molar-refractivity contribution is 0.112. The molecule has 0 atom stereocenters. The molecule has 0 fully saturated rings. The van der Waals surface area contributed by atoms with Crippen molar-refractivity contribution < 1.29 is 4.79 Å². The van der Waals surface area contributed by atoms with E-state index in [0.29, 0.717) is 18.6 Å². The van der Waals surface area contributed by atoms with Gasteiger partial charge in [-0.25, -0.2) is 9.97 Å². The average molecular weight is 266 g/mol. The number of nitrogens with one attached hydrogen (secondary N) is 1. The van der Waals surface area contributed by atoms with Crippen molar-refractivity contribution in [3.05, 3.63) is 35.0 Å². The van der Waals surface area contributed by atoms with Crippen molar-refractivity contribution in [2.24, 2.45) is 7.05 Å². The molecule has 7 heteroatoms. The van der Waals surface area contributed by atoms with Gasteiger partial charge in [-0.1, -0.05) is 11.6 Å². The fourth-order valence-corrected chi connectivity index (χ4v) is 1.70. The molecular weight excluding hydrogens is 254 g/mol. The van der Waals surface area contributed by atoms with Gasteiger partial charge in [-0.15, -0.1) is 0 Å². The second-order valence-corrected chi connectivity index (χ2v) is 4.06. The highest BCUT2D eigenvalue weighted by molar-refractivity contribution is 6.32. The standard InChI is InChI=1S/C11H12ClN5O/c1-17-5-3-8(16-17)2-4-13-11-9(6-18)10(12)14-7-15-11/h3,5-7H,2,4H2,1H3,(H,13,14,15). The molecule has 0 aliphatic carbocycles. The van der Waals surface area contributed by atoms with E-state index in [1.807, 2.05) is 19.3 Å². The second kappa shape index (κ2) is 5.59. The first-order chi connectivity index (χ1) is 8.70. The molecular formula is C11H12ClN5O. The lowest BCUT2D eigenvalue weighted by Gasteiger charge is -2.06. The molecule has 0 bridgehead atoms. The van der Waals surface area contributed by atoms with Crippen molar-refractivity contribution in [1.82, 2.24) is 19.7 Å². The molecule has 2 aromatic rings. The molecule has 2 aromatic heterocycles. The maximum atomic E-state index is 10.9. The topological polar surface area (TPSA) is 72.7 Å². The van der Waals surface area contributed by atoms with Crippen molar-refractivity contribution in [1.29, 1.82) is 0 Å². The minimum atomic E-state index is 0.153. The van der Waals surface area contributed by atoms with E-state index >= 15 is 0 Å². The van der Waals surface area contributed by atoms with Gasteiger partial charge >= 0.3 is 0 Å². The van der Waals surface area contributed by atoms with Crippen LogP contribution in [-0.2, 0) is 13.5 Å². The van der Waals surface area contributed by atoms with Gasteiger partial charge in [0.15, 0.2) is 6.29 Å². The Hall–Kier alpha value is -1.95. The van der Waals surface area contributed by atoms with Crippen LogP contribution in [0.15, 0.2) is 18.6 Å². The van der Waals surface area contributed by atoms with E-state index in [-0.39, 0.29) is 10.7 Å². The fourth-order valence-electron chi connectivity index (χ4n) is 1.52. The summed E-state index contributed by atoms with van der Waals surface area (Å²) in [7, 11) is 1.87. The van der Waals surface area contributed by atoms with Crippen LogP contribution >= 0.6 is 11.6 Å². The van der Waals surface area contributed by atoms with Gasteiger partial charge in [-0.05, 0) is 6.07 Å². The summed E-state index contributed by atoms with van der Waals surface area (Å²) in [6.45, 7) is 0.616. The summed E-state index contributed by atoms with van der Waals surface area (Å²) in [5, 5.41) is 7.45. The largest absolute Gasteiger partial charge is 0.369 e. The minimum absolute atomic E-state index is 0.153. The molecule has 0 saturated carbocycles. The number of aldehydes is 1. The number of aryl methyl sites for hydroxylation is 1. The van der Waals surface area contributed by atoms with E-state index in [1.54, 1.807) is 4.68 Å². The Balaban J connectivity index is 1.98. The van der Waals surface area contributed by atoms with Crippen LogP contribution in [0, 0.1) is 0 Å². The molecule has 0 radical (unpaired) electrons. The number of carbonyl (C=O) groups is 1. The van der Waals surface area contributed by atoms with E-state index in [1.165, 1.54) is 6.33 Å². The van der Waals surface area contributed by atoms with Crippen LogP contribution in [-0.4, -0.2) is 32.6 Å². The van der Waals surface area contributed by atoms with Gasteiger partial charge in [0, 0.05) is 26.2 Å². The Labute approximate surface area is 109 Å². The zero-order valence-electron chi connectivity index (χ0n) is 9.80. The molecule has 94 valence electrons. The van der Waals surface area contributed by atoms with Gasteiger partial charge in [0.2, 0.25) is 0 Å². The summed E-state index contributed by atoms with van der Waals surface area (Å²) in [4.78, 5) is 18.6. The van der Waals surface area contributed by atoms with E-state index in [9.17, 15) is 4.79 Å². The van der Waals surface area contributed by atoms with Gasteiger partial charge in [0.1, 0.15) is 17.3 Å². The lowest BCUT2D eigenvalue weighted by atomic mass is 10.3. The predicted octanol–water partition coefficient (Wildman–Crippen LogP) is 1.33. The van der Waals surface area contributed by atoms with E-state index in [2.05, 4.69) is 20.4 Å². The number of halogens is 1. The van der Waals surface area contributed by atoms with Crippen molar-refractivity contribution >= 4 is 23.7 Å². The maximum Gasteiger partial charge on any atom is 0.156 e. The summed E-state index contributed by atoms with van der Waals surface area (Å²) in [5.74, 6) is 0.445. The zero-order chi connectivity index (χ0) is 13.0. The monoisotopic (exact) mass is 265 g/mol. The van der Waals surface area contributed by atoms with E-state index in [4.69, 9.17) is 11.6 Å². The quantitative estimate of drug-likeness (QED) is 0.652. The van der Waals surface area contributed by atoms with Crippen molar-refractivity contribution in [3.63, 3.8) is 0 Å². The van der Waals surface area contributed by atoms with Gasteiger partial charge in [-0.2, -0.15) is 5.10 Å². The molecule has 0 aliphatic heterocycles. The van der Waals surface area contributed by atoms with E-state index < -0.39 is 0 Å². The van der Waals surface area contributed by atoms with Crippen LogP contribution in [0.25, 0.3) is 0 Å². The SMILES string of the molecule is Cn1ccc(CCNc2ncnc(Cl)c2C=O)n1. The molecule has 18 heavy (non-hydrogen) atoms. The smallest absolute Gasteiger partial charge is 0.156 e. The summed E-state index contributed by atoms with van der Waals surface area (Å²) in [6, 6.07) is 1.94. The summed E-state index contributed by atoms with van der Waals surface area (Å²) in [6.07, 6.45) is 4.58. The molecule has 0 saturated heterocycles. The van der Waals surface area contributed by atoms with Gasteiger partial charge in [-0.3, -0.25) is 9.48 Å². The van der Waals surface area contributed by atoms with Gasteiger partial charge in [0.05, 0.1) is 11.3 Å². The van der Waals surface area contributed by atoms with Crippen molar-refractivity contribution in [2.75, 3.05) is 11.9 Å². The number of anilines is 1. The number of hydrogen-bond donors (Lipinski definition) is 1. The first-order valence-corrected chi connectivity index (χ1v) is 5.76. The van der Waals surface area contributed by atoms with E-state index in [0.717, 1.165) is 12.1 Å². The highest BCUT2D eigenvalue weighted by atomic mass is 35.5. The molecule has 2 rings (SSSR count). The third kappa shape index (κ3) is 2.84. The molecule has 1 N–H and O–H groups in total. The predicted molar refractivity (Wildman–Crippen MR) is 67.8 cm³/mol. The van der Waals surface area contributed by atoms with Crippen LogP contribution in [0.1, 0.15) is 16.1 Å².